The summed E-state index contributed by atoms with van der Waals surface area (Å²) in [5, 5.41) is 6.12. The van der Waals surface area contributed by atoms with Gasteiger partial charge in [0.2, 0.25) is 11.8 Å². The van der Waals surface area contributed by atoms with Crippen LogP contribution >= 0.6 is 0 Å². The first-order chi connectivity index (χ1) is 13.4. The predicted molar refractivity (Wildman–Crippen MR) is 113 cm³/mol. The predicted octanol–water partition coefficient (Wildman–Crippen LogP) is 4.67. The first-order valence-corrected chi connectivity index (χ1v) is 10.1. The molecule has 0 aromatic heterocycles. The smallest absolute Gasteiger partial charge is 0.227 e. The van der Waals surface area contributed by atoms with E-state index in [0.29, 0.717) is 6.54 Å². The minimum atomic E-state index is -0.0129. The summed E-state index contributed by atoms with van der Waals surface area (Å²) in [6, 6.07) is 14.3. The number of hydrogen-bond acceptors (Lipinski definition) is 2. The lowest BCUT2D eigenvalue weighted by atomic mass is 9.81. The molecule has 1 aliphatic carbocycles. The first-order valence-electron chi connectivity index (χ1n) is 10.1. The van der Waals surface area contributed by atoms with E-state index in [2.05, 4.69) is 29.7 Å². The van der Waals surface area contributed by atoms with Crippen LogP contribution in [0.1, 0.15) is 47.9 Å². The maximum Gasteiger partial charge on any atom is 0.227 e. The molecular formula is C24H30N2O2. The standard InChI is InChI=1S/C24H30N2O2/c1-16-5-8-19(9-6-16)15-25-23(27)20-10-12-21(13-11-20)24(28)26-22-14-17(2)4-7-18(22)3/h4-9,14,20-21H,10-13,15H2,1-3H3,(H,25,27)(H,26,28). The molecule has 0 heterocycles. The van der Waals surface area contributed by atoms with Crippen LogP contribution in [-0.4, -0.2) is 11.8 Å². The van der Waals surface area contributed by atoms with Gasteiger partial charge in [-0.25, -0.2) is 0 Å². The van der Waals surface area contributed by atoms with E-state index in [4.69, 9.17) is 0 Å². The minimum absolute atomic E-state index is 0.00945. The molecule has 1 fully saturated rings. The van der Waals surface area contributed by atoms with E-state index in [9.17, 15) is 9.59 Å². The molecule has 4 heteroatoms. The summed E-state index contributed by atoms with van der Waals surface area (Å²) < 4.78 is 0. The summed E-state index contributed by atoms with van der Waals surface area (Å²) in [6.07, 6.45) is 3.06. The van der Waals surface area contributed by atoms with Crippen molar-refractivity contribution in [2.75, 3.05) is 5.32 Å². The van der Waals surface area contributed by atoms with Crippen molar-refractivity contribution in [3.8, 4) is 0 Å². The zero-order chi connectivity index (χ0) is 20.1. The second-order valence-corrected chi connectivity index (χ2v) is 8.06. The topological polar surface area (TPSA) is 58.2 Å². The van der Waals surface area contributed by atoms with Crippen molar-refractivity contribution in [3.63, 3.8) is 0 Å². The van der Waals surface area contributed by atoms with Crippen molar-refractivity contribution in [2.45, 2.75) is 53.0 Å². The molecule has 0 saturated heterocycles. The molecule has 148 valence electrons. The van der Waals surface area contributed by atoms with Gasteiger partial charge in [-0.1, -0.05) is 42.0 Å². The Balaban J connectivity index is 1.46. The average Bonchev–Trinajstić information content (AvgIpc) is 2.70. The van der Waals surface area contributed by atoms with Gasteiger partial charge < -0.3 is 10.6 Å². The summed E-state index contributed by atoms with van der Waals surface area (Å²) in [4.78, 5) is 25.1. The fourth-order valence-corrected chi connectivity index (χ4v) is 3.76. The maximum atomic E-state index is 12.6. The number of benzene rings is 2. The van der Waals surface area contributed by atoms with Crippen molar-refractivity contribution in [1.82, 2.24) is 5.32 Å². The van der Waals surface area contributed by atoms with Gasteiger partial charge in [-0.3, -0.25) is 9.59 Å². The quantitative estimate of drug-likeness (QED) is 0.794. The number of hydrogen-bond donors (Lipinski definition) is 2. The van der Waals surface area contributed by atoms with Gasteiger partial charge in [0.1, 0.15) is 0 Å². The van der Waals surface area contributed by atoms with Crippen molar-refractivity contribution in [1.29, 1.82) is 0 Å². The van der Waals surface area contributed by atoms with Gasteiger partial charge in [0.25, 0.3) is 0 Å². The van der Waals surface area contributed by atoms with E-state index < -0.39 is 0 Å². The number of amides is 2. The van der Waals surface area contributed by atoms with Gasteiger partial charge >= 0.3 is 0 Å². The van der Waals surface area contributed by atoms with Crippen LogP contribution in [0.5, 0.6) is 0 Å². The van der Waals surface area contributed by atoms with Gasteiger partial charge in [-0.15, -0.1) is 0 Å². The second-order valence-electron chi connectivity index (χ2n) is 8.06. The highest BCUT2D eigenvalue weighted by atomic mass is 16.2. The minimum Gasteiger partial charge on any atom is -0.352 e. The number of carbonyl (C=O) groups excluding carboxylic acids is 2. The maximum absolute atomic E-state index is 12.6. The summed E-state index contributed by atoms with van der Waals surface area (Å²) in [7, 11) is 0. The van der Waals surface area contributed by atoms with Crippen LogP contribution in [0.2, 0.25) is 0 Å². The lowest BCUT2D eigenvalue weighted by Crippen LogP contribution is -2.35. The number of nitrogens with one attached hydrogen (secondary N) is 2. The van der Waals surface area contributed by atoms with Crippen LogP contribution in [0.15, 0.2) is 42.5 Å². The van der Waals surface area contributed by atoms with Gasteiger partial charge in [-0.05, 0) is 69.2 Å². The van der Waals surface area contributed by atoms with Crippen molar-refractivity contribution in [2.24, 2.45) is 11.8 Å². The fourth-order valence-electron chi connectivity index (χ4n) is 3.76. The van der Waals surface area contributed by atoms with Crippen molar-refractivity contribution < 1.29 is 9.59 Å². The van der Waals surface area contributed by atoms with E-state index in [1.54, 1.807) is 0 Å². The van der Waals surface area contributed by atoms with Crippen LogP contribution in [0.3, 0.4) is 0 Å². The number of carbonyl (C=O) groups is 2. The SMILES string of the molecule is Cc1ccc(CNC(=O)C2CCC(C(=O)Nc3cc(C)ccc3C)CC2)cc1. The molecule has 2 N–H and O–H groups in total. The monoisotopic (exact) mass is 378 g/mol. The van der Waals surface area contributed by atoms with Crippen LogP contribution in [0.25, 0.3) is 0 Å². The Morgan fingerprint density at radius 2 is 1.39 bits per heavy atom. The summed E-state index contributed by atoms with van der Waals surface area (Å²) in [5.74, 6) is 0.178. The Bertz CT molecular complexity index is 834. The summed E-state index contributed by atoms with van der Waals surface area (Å²) in [6.45, 7) is 6.64. The van der Waals surface area contributed by atoms with Crippen LogP contribution in [0.4, 0.5) is 5.69 Å². The largest absolute Gasteiger partial charge is 0.352 e. The highest BCUT2D eigenvalue weighted by Crippen LogP contribution is 2.30. The van der Waals surface area contributed by atoms with E-state index in [1.807, 2.05) is 44.2 Å². The highest BCUT2D eigenvalue weighted by molar-refractivity contribution is 5.93. The Kier molecular flexibility index (Phi) is 6.50. The lowest BCUT2D eigenvalue weighted by molar-refractivity contribution is -0.128. The third-order valence-corrected chi connectivity index (χ3v) is 5.71. The third-order valence-electron chi connectivity index (χ3n) is 5.71. The molecule has 1 saturated carbocycles. The van der Waals surface area contributed by atoms with E-state index in [1.165, 1.54) is 5.56 Å². The second kappa shape index (κ2) is 9.05. The molecular weight excluding hydrogens is 348 g/mol. The number of aryl methyl sites for hydroxylation is 3. The molecule has 0 spiro atoms. The summed E-state index contributed by atoms with van der Waals surface area (Å²) in [5.41, 5.74) is 5.43. The Morgan fingerprint density at radius 3 is 2.04 bits per heavy atom. The zero-order valence-electron chi connectivity index (χ0n) is 17.0. The molecule has 2 amide bonds. The Labute approximate surface area is 167 Å². The molecule has 3 rings (SSSR count). The fraction of sp³-hybridized carbons (Fsp3) is 0.417. The van der Waals surface area contributed by atoms with Gasteiger partial charge in [0.15, 0.2) is 0 Å². The normalized spacial score (nSPS) is 19.1. The molecule has 0 bridgehead atoms. The van der Waals surface area contributed by atoms with Crippen LogP contribution < -0.4 is 10.6 Å². The van der Waals surface area contributed by atoms with Crippen molar-refractivity contribution >= 4 is 17.5 Å². The van der Waals surface area contributed by atoms with Gasteiger partial charge in [0.05, 0.1) is 0 Å². The number of anilines is 1. The average molecular weight is 379 g/mol. The van der Waals surface area contributed by atoms with Gasteiger partial charge in [-0.2, -0.15) is 0 Å². The molecule has 0 radical (unpaired) electrons. The number of rotatable bonds is 5. The third kappa shape index (κ3) is 5.22. The molecule has 4 nitrogen and oxygen atoms in total. The van der Waals surface area contributed by atoms with E-state index in [0.717, 1.165) is 48.1 Å². The molecule has 28 heavy (non-hydrogen) atoms. The zero-order valence-corrected chi connectivity index (χ0v) is 17.0. The molecule has 1 aliphatic rings. The molecule has 0 unspecified atom stereocenters. The lowest BCUT2D eigenvalue weighted by Gasteiger charge is -2.27. The molecule has 2 aromatic carbocycles. The van der Waals surface area contributed by atoms with E-state index in [-0.39, 0.29) is 23.7 Å². The first kappa shape index (κ1) is 20.1. The van der Waals surface area contributed by atoms with E-state index >= 15 is 0 Å². The van der Waals surface area contributed by atoms with Crippen LogP contribution in [-0.2, 0) is 16.1 Å². The molecule has 2 aromatic rings. The molecule has 0 aliphatic heterocycles. The van der Waals surface area contributed by atoms with Crippen molar-refractivity contribution in [3.05, 3.63) is 64.7 Å². The summed E-state index contributed by atoms with van der Waals surface area (Å²) >= 11 is 0. The van der Waals surface area contributed by atoms with Gasteiger partial charge in [0, 0.05) is 24.1 Å². The Hall–Kier alpha value is -2.62. The van der Waals surface area contributed by atoms with Crippen LogP contribution in [0, 0.1) is 32.6 Å². The highest BCUT2D eigenvalue weighted by Gasteiger charge is 2.30. The molecule has 0 atom stereocenters. The Morgan fingerprint density at radius 1 is 0.821 bits per heavy atom.